The molecule has 7 heteroatoms. The van der Waals surface area contributed by atoms with Gasteiger partial charge in [0.25, 0.3) is 0 Å². The SMILES string of the molecule is C=CCC(NC(=O)C(C)(C)CCNC(=O)OCC1c2ccccc2-c2ccccc21)C(=O)O. The Morgan fingerprint density at radius 2 is 1.67 bits per heavy atom. The first-order chi connectivity index (χ1) is 15.7. The number of rotatable bonds is 10. The van der Waals surface area contributed by atoms with Gasteiger partial charge in [0, 0.05) is 17.9 Å². The monoisotopic (exact) mass is 450 g/mol. The van der Waals surface area contributed by atoms with Crippen molar-refractivity contribution in [3.63, 3.8) is 0 Å². The average Bonchev–Trinajstić information content (AvgIpc) is 3.11. The van der Waals surface area contributed by atoms with Crippen LogP contribution in [0.2, 0.25) is 0 Å². The number of fused-ring (bicyclic) bond motifs is 3. The first-order valence-electron chi connectivity index (χ1n) is 11.0. The van der Waals surface area contributed by atoms with E-state index in [1.807, 2.05) is 24.3 Å². The molecule has 0 bridgehead atoms. The second kappa shape index (κ2) is 10.3. The molecular weight excluding hydrogens is 420 g/mol. The summed E-state index contributed by atoms with van der Waals surface area (Å²) in [7, 11) is 0. The van der Waals surface area contributed by atoms with Gasteiger partial charge in [0.1, 0.15) is 12.6 Å². The predicted molar refractivity (Wildman–Crippen MR) is 126 cm³/mol. The summed E-state index contributed by atoms with van der Waals surface area (Å²) in [5.74, 6) is -1.54. The Morgan fingerprint density at radius 3 is 2.21 bits per heavy atom. The summed E-state index contributed by atoms with van der Waals surface area (Å²) in [4.78, 5) is 36.1. The Hall–Kier alpha value is -3.61. The van der Waals surface area contributed by atoms with Crippen molar-refractivity contribution in [2.45, 2.75) is 38.6 Å². The van der Waals surface area contributed by atoms with Gasteiger partial charge in [0.15, 0.2) is 0 Å². The fraction of sp³-hybridized carbons (Fsp3) is 0.346. The van der Waals surface area contributed by atoms with E-state index >= 15 is 0 Å². The van der Waals surface area contributed by atoms with Crippen LogP contribution in [0.1, 0.15) is 43.7 Å². The number of aliphatic carboxylic acids is 1. The zero-order valence-electron chi connectivity index (χ0n) is 19.0. The molecule has 1 aliphatic carbocycles. The number of nitrogens with one attached hydrogen (secondary N) is 2. The number of carboxylic acid groups (broad SMARTS) is 1. The van der Waals surface area contributed by atoms with E-state index in [2.05, 4.69) is 41.5 Å². The fourth-order valence-corrected chi connectivity index (χ4v) is 3.98. The van der Waals surface area contributed by atoms with Crippen molar-refractivity contribution < 1.29 is 24.2 Å². The average molecular weight is 451 g/mol. The van der Waals surface area contributed by atoms with Gasteiger partial charge < -0.3 is 20.5 Å². The smallest absolute Gasteiger partial charge is 0.407 e. The quantitative estimate of drug-likeness (QED) is 0.473. The van der Waals surface area contributed by atoms with Crippen LogP contribution in [0.15, 0.2) is 61.2 Å². The Bertz CT molecular complexity index is 1000. The number of alkyl carbamates (subject to hydrolysis) is 1. The maximum absolute atomic E-state index is 12.5. The molecule has 33 heavy (non-hydrogen) atoms. The molecule has 7 nitrogen and oxygen atoms in total. The van der Waals surface area contributed by atoms with Crippen LogP contribution in [0.4, 0.5) is 4.79 Å². The molecule has 0 spiro atoms. The summed E-state index contributed by atoms with van der Waals surface area (Å²) < 4.78 is 5.50. The van der Waals surface area contributed by atoms with E-state index in [1.165, 1.54) is 6.08 Å². The molecular formula is C26H30N2O5. The van der Waals surface area contributed by atoms with Crippen molar-refractivity contribution in [3.8, 4) is 11.1 Å². The van der Waals surface area contributed by atoms with E-state index in [9.17, 15) is 19.5 Å². The third-order valence-electron chi connectivity index (χ3n) is 5.98. The predicted octanol–water partition coefficient (Wildman–Crippen LogP) is 4.09. The van der Waals surface area contributed by atoms with Crippen LogP contribution >= 0.6 is 0 Å². The van der Waals surface area contributed by atoms with Crippen LogP contribution in [0.3, 0.4) is 0 Å². The highest BCUT2D eigenvalue weighted by Crippen LogP contribution is 2.44. The van der Waals surface area contributed by atoms with Crippen LogP contribution in [-0.4, -0.2) is 42.3 Å². The van der Waals surface area contributed by atoms with Gasteiger partial charge in [-0.25, -0.2) is 9.59 Å². The highest BCUT2D eigenvalue weighted by molar-refractivity contribution is 5.87. The maximum Gasteiger partial charge on any atom is 0.407 e. The van der Waals surface area contributed by atoms with Crippen molar-refractivity contribution in [1.82, 2.24) is 10.6 Å². The minimum atomic E-state index is -1.11. The summed E-state index contributed by atoms with van der Waals surface area (Å²) >= 11 is 0. The van der Waals surface area contributed by atoms with Gasteiger partial charge >= 0.3 is 12.1 Å². The van der Waals surface area contributed by atoms with Gasteiger partial charge in [-0.15, -0.1) is 6.58 Å². The lowest BCUT2D eigenvalue weighted by atomic mass is 9.88. The first-order valence-corrected chi connectivity index (χ1v) is 11.0. The molecule has 3 rings (SSSR count). The number of carboxylic acids is 1. The minimum absolute atomic E-state index is 0.0248. The largest absolute Gasteiger partial charge is 0.480 e. The summed E-state index contributed by atoms with van der Waals surface area (Å²) in [6, 6.07) is 15.2. The van der Waals surface area contributed by atoms with E-state index < -0.39 is 29.4 Å². The highest BCUT2D eigenvalue weighted by Gasteiger charge is 2.31. The van der Waals surface area contributed by atoms with Crippen LogP contribution in [0.5, 0.6) is 0 Å². The number of ether oxygens (including phenoxy) is 1. The topological polar surface area (TPSA) is 105 Å². The van der Waals surface area contributed by atoms with Gasteiger partial charge in [-0.05, 0) is 35.1 Å². The molecule has 2 aromatic rings. The van der Waals surface area contributed by atoms with E-state index in [-0.39, 0.29) is 25.5 Å². The van der Waals surface area contributed by atoms with Gasteiger partial charge in [-0.2, -0.15) is 0 Å². The number of carbonyl (C=O) groups is 3. The van der Waals surface area contributed by atoms with Crippen molar-refractivity contribution in [2.75, 3.05) is 13.2 Å². The molecule has 174 valence electrons. The zero-order valence-corrected chi connectivity index (χ0v) is 19.0. The molecule has 0 aromatic heterocycles. The van der Waals surface area contributed by atoms with E-state index in [0.717, 1.165) is 22.3 Å². The summed E-state index contributed by atoms with van der Waals surface area (Å²) in [6.07, 6.45) is 1.35. The first kappa shape index (κ1) is 24.0. The van der Waals surface area contributed by atoms with Gasteiger partial charge in [0.05, 0.1) is 0 Å². The van der Waals surface area contributed by atoms with Crippen molar-refractivity contribution in [2.24, 2.45) is 5.41 Å². The second-order valence-electron chi connectivity index (χ2n) is 8.77. The molecule has 1 atom stereocenters. The van der Waals surface area contributed by atoms with Crippen molar-refractivity contribution in [1.29, 1.82) is 0 Å². The Labute approximate surface area is 193 Å². The normalized spacial score (nSPS) is 13.4. The number of amides is 2. The van der Waals surface area contributed by atoms with Gasteiger partial charge in [-0.1, -0.05) is 68.5 Å². The minimum Gasteiger partial charge on any atom is -0.480 e. The summed E-state index contributed by atoms with van der Waals surface area (Å²) in [6.45, 7) is 7.35. The summed E-state index contributed by atoms with van der Waals surface area (Å²) in [5, 5.41) is 14.4. The third-order valence-corrected chi connectivity index (χ3v) is 5.98. The third kappa shape index (κ3) is 5.61. The molecule has 0 radical (unpaired) electrons. The Balaban J connectivity index is 1.50. The molecule has 1 aliphatic rings. The molecule has 0 saturated heterocycles. The van der Waals surface area contributed by atoms with Gasteiger partial charge in [0.2, 0.25) is 5.91 Å². The number of carbonyl (C=O) groups excluding carboxylic acids is 2. The molecule has 2 amide bonds. The lowest BCUT2D eigenvalue weighted by molar-refractivity contribution is -0.143. The Morgan fingerprint density at radius 1 is 1.09 bits per heavy atom. The van der Waals surface area contributed by atoms with Crippen molar-refractivity contribution >= 4 is 18.0 Å². The maximum atomic E-state index is 12.5. The molecule has 0 fully saturated rings. The molecule has 1 unspecified atom stereocenters. The van der Waals surface area contributed by atoms with Crippen LogP contribution < -0.4 is 10.6 Å². The van der Waals surface area contributed by atoms with Crippen LogP contribution in [0.25, 0.3) is 11.1 Å². The number of benzene rings is 2. The standard InChI is InChI=1S/C26H30N2O5/c1-4-9-22(23(29)30)28-24(31)26(2,3)14-15-27-25(32)33-16-21-19-12-7-5-10-17(19)18-11-6-8-13-20(18)21/h4-8,10-13,21-22H,1,9,14-16H2,2-3H3,(H,27,32)(H,28,31)(H,29,30). The van der Waals surface area contributed by atoms with Crippen molar-refractivity contribution in [3.05, 3.63) is 72.3 Å². The fourth-order valence-electron chi connectivity index (χ4n) is 3.98. The molecule has 0 aliphatic heterocycles. The molecule has 3 N–H and O–H groups in total. The lowest BCUT2D eigenvalue weighted by Crippen LogP contribution is -2.47. The molecule has 0 heterocycles. The lowest BCUT2D eigenvalue weighted by Gasteiger charge is -2.25. The number of hydrogen-bond acceptors (Lipinski definition) is 4. The number of hydrogen-bond donors (Lipinski definition) is 3. The van der Waals surface area contributed by atoms with E-state index in [0.29, 0.717) is 6.42 Å². The van der Waals surface area contributed by atoms with Gasteiger partial charge in [-0.3, -0.25) is 4.79 Å². The Kier molecular flexibility index (Phi) is 7.53. The molecule has 2 aromatic carbocycles. The highest BCUT2D eigenvalue weighted by atomic mass is 16.5. The van der Waals surface area contributed by atoms with Crippen LogP contribution in [0, 0.1) is 5.41 Å². The van der Waals surface area contributed by atoms with Crippen LogP contribution in [-0.2, 0) is 14.3 Å². The molecule has 0 saturated carbocycles. The second-order valence-corrected chi connectivity index (χ2v) is 8.77. The van der Waals surface area contributed by atoms with E-state index in [4.69, 9.17) is 4.74 Å². The summed E-state index contributed by atoms with van der Waals surface area (Å²) in [5.41, 5.74) is 3.72. The zero-order chi connectivity index (χ0) is 24.0. The van der Waals surface area contributed by atoms with E-state index in [1.54, 1.807) is 13.8 Å².